The van der Waals surface area contributed by atoms with Crippen molar-refractivity contribution in [2.24, 2.45) is 23.7 Å². The van der Waals surface area contributed by atoms with Crippen molar-refractivity contribution < 1.29 is 19.5 Å². The van der Waals surface area contributed by atoms with Crippen molar-refractivity contribution in [1.82, 2.24) is 0 Å². The van der Waals surface area contributed by atoms with E-state index in [9.17, 15) is 19.5 Å². The van der Waals surface area contributed by atoms with Gasteiger partial charge in [0.25, 0.3) is 5.91 Å². The number of carbonyl (C=O) groups excluding carboxylic acids is 2. The zero-order valence-corrected chi connectivity index (χ0v) is 18.0. The largest absolute Gasteiger partial charge is 0.481 e. The normalized spacial score (nSPS) is 25.5. The van der Waals surface area contributed by atoms with Gasteiger partial charge in [-0.1, -0.05) is 29.8 Å². The molecule has 0 radical (unpaired) electrons. The monoisotopic (exact) mass is 436 g/mol. The summed E-state index contributed by atoms with van der Waals surface area (Å²) in [6.45, 7) is 1.99. The molecule has 4 atom stereocenters. The molecular weight excluding hydrogens is 412 g/mol. The third kappa shape index (κ3) is 3.47. The number of benzene rings is 1. The lowest BCUT2D eigenvalue weighted by Gasteiger charge is -2.23. The molecule has 6 nitrogen and oxygen atoms in total. The second-order valence-corrected chi connectivity index (χ2v) is 9.81. The van der Waals surface area contributed by atoms with Crippen molar-refractivity contribution in [2.75, 3.05) is 10.6 Å². The van der Waals surface area contributed by atoms with Gasteiger partial charge < -0.3 is 15.7 Å². The van der Waals surface area contributed by atoms with Gasteiger partial charge in [0.1, 0.15) is 5.00 Å². The summed E-state index contributed by atoms with van der Waals surface area (Å²) in [5, 5.41) is 16.1. The molecule has 31 heavy (non-hydrogen) atoms. The van der Waals surface area contributed by atoms with Crippen LogP contribution >= 0.6 is 11.3 Å². The summed E-state index contributed by atoms with van der Waals surface area (Å²) in [4.78, 5) is 39.3. The van der Waals surface area contributed by atoms with Crippen LogP contribution in [0.15, 0.2) is 36.4 Å². The first-order valence-corrected chi connectivity index (χ1v) is 11.5. The maximum absolute atomic E-state index is 13.2. The van der Waals surface area contributed by atoms with Crippen LogP contribution in [0.4, 0.5) is 10.7 Å². The lowest BCUT2D eigenvalue weighted by Crippen LogP contribution is -2.36. The number of carbonyl (C=O) groups is 3. The van der Waals surface area contributed by atoms with Crippen molar-refractivity contribution in [3.05, 3.63) is 58.0 Å². The van der Waals surface area contributed by atoms with Gasteiger partial charge in [-0.25, -0.2) is 0 Å². The fraction of sp³-hybridized carbons (Fsp3) is 0.375. The quantitative estimate of drug-likeness (QED) is 0.611. The summed E-state index contributed by atoms with van der Waals surface area (Å²) in [6, 6.07) is 7.59. The molecule has 5 rings (SSSR count). The zero-order valence-electron chi connectivity index (χ0n) is 17.2. The number of hydrogen-bond donors (Lipinski definition) is 3. The van der Waals surface area contributed by atoms with Gasteiger partial charge in [-0.05, 0) is 62.1 Å². The Morgan fingerprint density at radius 2 is 1.71 bits per heavy atom. The summed E-state index contributed by atoms with van der Waals surface area (Å²) in [6.07, 6.45) is 7.30. The molecular formula is C24H24N2O4S. The highest BCUT2D eigenvalue weighted by Crippen LogP contribution is 2.49. The summed E-state index contributed by atoms with van der Waals surface area (Å²) in [7, 11) is 0. The van der Waals surface area contributed by atoms with E-state index < -0.39 is 17.8 Å². The third-order valence-electron chi connectivity index (χ3n) is 6.74. The van der Waals surface area contributed by atoms with Gasteiger partial charge in [0.2, 0.25) is 5.91 Å². The molecule has 7 heteroatoms. The smallest absolute Gasteiger partial charge is 0.307 e. The molecule has 1 saturated carbocycles. The number of allylic oxidation sites excluding steroid dienone is 2. The lowest BCUT2D eigenvalue weighted by molar-refractivity contribution is -0.146. The van der Waals surface area contributed by atoms with Crippen LogP contribution in [0.2, 0.25) is 0 Å². The minimum Gasteiger partial charge on any atom is -0.481 e. The van der Waals surface area contributed by atoms with Gasteiger partial charge in [-0.3, -0.25) is 14.4 Å². The van der Waals surface area contributed by atoms with Crippen LogP contribution in [0.3, 0.4) is 0 Å². The minimum atomic E-state index is -0.928. The van der Waals surface area contributed by atoms with E-state index in [1.54, 1.807) is 0 Å². The van der Waals surface area contributed by atoms with Crippen LogP contribution in [0.25, 0.3) is 0 Å². The first-order chi connectivity index (χ1) is 14.9. The molecule has 1 aromatic heterocycles. The molecule has 2 aromatic rings. The van der Waals surface area contributed by atoms with Crippen molar-refractivity contribution in [3.63, 3.8) is 0 Å². The Balaban J connectivity index is 1.42. The molecule has 0 unspecified atom stereocenters. The first kappa shape index (κ1) is 20.0. The van der Waals surface area contributed by atoms with E-state index >= 15 is 0 Å². The molecule has 1 heterocycles. The Labute approximate surface area is 184 Å². The van der Waals surface area contributed by atoms with Crippen LogP contribution in [-0.4, -0.2) is 22.9 Å². The standard InChI is InChI=1S/C24H24N2O4S/c1-12-5-9-15(10-6-12)25-22(28)20-16-3-2-4-17(16)31-23(20)26-21(27)18-13-7-8-14(11-13)19(18)24(29)30/h5-10,13-14,18-19H,2-4,11H2,1H3,(H,25,28)(H,26,27)(H,29,30)/t13-,14-,18+,19+/m0/s1. The van der Waals surface area contributed by atoms with E-state index in [0.29, 0.717) is 22.7 Å². The predicted molar refractivity (Wildman–Crippen MR) is 119 cm³/mol. The maximum Gasteiger partial charge on any atom is 0.307 e. The number of fused-ring (bicyclic) bond motifs is 3. The van der Waals surface area contributed by atoms with Gasteiger partial charge in [-0.15, -0.1) is 11.3 Å². The average molecular weight is 437 g/mol. The number of thiophene rings is 1. The molecule has 1 fully saturated rings. The predicted octanol–water partition coefficient (Wildman–Crippen LogP) is 4.26. The van der Waals surface area contributed by atoms with E-state index in [1.807, 2.05) is 43.3 Å². The summed E-state index contributed by atoms with van der Waals surface area (Å²) < 4.78 is 0. The van der Waals surface area contributed by atoms with Crippen LogP contribution in [-0.2, 0) is 22.4 Å². The van der Waals surface area contributed by atoms with Gasteiger partial charge >= 0.3 is 5.97 Å². The molecule has 3 N–H and O–H groups in total. The average Bonchev–Trinajstić information content (AvgIpc) is 3.49. The molecule has 0 aliphatic heterocycles. The highest BCUT2D eigenvalue weighted by atomic mass is 32.1. The maximum atomic E-state index is 13.2. The lowest BCUT2D eigenvalue weighted by atomic mass is 9.82. The number of hydrogen-bond acceptors (Lipinski definition) is 4. The van der Waals surface area contributed by atoms with E-state index in [2.05, 4.69) is 10.6 Å². The Hall–Kier alpha value is -2.93. The topological polar surface area (TPSA) is 95.5 Å². The van der Waals surface area contributed by atoms with Gasteiger partial charge in [0, 0.05) is 10.6 Å². The van der Waals surface area contributed by atoms with E-state index in [1.165, 1.54) is 11.3 Å². The van der Waals surface area contributed by atoms with Crippen molar-refractivity contribution >= 4 is 39.8 Å². The van der Waals surface area contributed by atoms with Crippen LogP contribution in [0.1, 0.15) is 39.2 Å². The van der Waals surface area contributed by atoms with Crippen molar-refractivity contribution in [1.29, 1.82) is 0 Å². The molecule has 3 aliphatic carbocycles. The molecule has 160 valence electrons. The number of nitrogens with one attached hydrogen (secondary N) is 2. The minimum absolute atomic E-state index is 0.0530. The number of carboxylic acids is 1. The fourth-order valence-electron chi connectivity index (χ4n) is 5.27. The van der Waals surface area contributed by atoms with Crippen LogP contribution in [0.5, 0.6) is 0 Å². The Kier molecular flexibility index (Phi) is 4.93. The number of anilines is 2. The summed E-state index contributed by atoms with van der Waals surface area (Å²) in [5.41, 5.74) is 3.34. The number of rotatable bonds is 5. The Bertz CT molecular complexity index is 1100. The molecule has 2 amide bonds. The summed E-state index contributed by atoms with van der Waals surface area (Å²) >= 11 is 1.45. The van der Waals surface area contributed by atoms with Crippen LogP contribution in [0, 0.1) is 30.6 Å². The van der Waals surface area contributed by atoms with Gasteiger partial charge in [0.15, 0.2) is 0 Å². The first-order valence-electron chi connectivity index (χ1n) is 10.7. The molecule has 0 spiro atoms. The Morgan fingerprint density at radius 1 is 1.00 bits per heavy atom. The Morgan fingerprint density at radius 3 is 2.42 bits per heavy atom. The molecule has 2 bridgehead atoms. The van der Waals surface area contributed by atoms with Gasteiger partial charge in [-0.2, -0.15) is 0 Å². The number of carboxylic acid groups (broad SMARTS) is 1. The molecule has 0 saturated heterocycles. The SMILES string of the molecule is Cc1ccc(NC(=O)c2c(NC(=O)[C@H]3[C@H](C(=O)O)[C@H]4C=C[C@H]3C4)sc3c2CCC3)cc1. The second kappa shape index (κ2) is 7.64. The molecule has 1 aromatic carbocycles. The number of amides is 2. The van der Waals surface area contributed by atoms with E-state index in [0.717, 1.165) is 35.3 Å². The number of aryl methyl sites for hydroxylation is 2. The highest BCUT2D eigenvalue weighted by molar-refractivity contribution is 7.17. The van der Waals surface area contributed by atoms with E-state index in [4.69, 9.17) is 0 Å². The summed E-state index contributed by atoms with van der Waals surface area (Å²) in [5.74, 6) is -2.90. The third-order valence-corrected chi connectivity index (χ3v) is 7.95. The van der Waals surface area contributed by atoms with Gasteiger partial charge in [0.05, 0.1) is 17.4 Å². The highest BCUT2D eigenvalue weighted by Gasteiger charge is 2.51. The molecule has 3 aliphatic rings. The zero-order chi connectivity index (χ0) is 21.7. The number of aliphatic carboxylic acids is 1. The fourth-order valence-corrected chi connectivity index (χ4v) is 6.56. The van der Waals surface area contributed by atoms with E-state index in [-0.39, 0.29) is 23.7 Å². The van der Waals surface area contributed by atoms with Crippen LogP contribution < -0.4 is 10.6 Å². The second-order valence-electron chi connectivity index (χ2n) is 8.71. The van der Waals surface area contributed by atoms with Crippen molar-refractivity contribution in [2.45, 2.75) is 32.6 Å². The van der Waals surface area contributed by atoms with Crippen molar-refractivity contribution in [3.8, 4) is 0 Å².